The van der Waals surface area contributed by atoms with Gasteiger partial charge in [0.2, 0.25) is 21.8 Å². The van der Waals surface area contributed by atoms with Crippen molar-refractivity contribution in [3.05, 3.63) is 65.7 Å². The van der Waals surface area contributed by atoms with E-state index >= 15 is 0 Å². The third-order valence-electron chi connectivity index (χ3n) is 5.58. The molecule has 0 unspecified atom stereocenters. The zero-order chi connectivity index (χ0) is 25.3. The van der Waals surface area contributed by atoms with Gasteiger partial charge in [0.05, 0.1) is 11.9 Å². The van der Waals surface area contributed by atoms with Crippen LogP contribution in [0.15, 0.2) is 54.6 Å². The van der Waals surface area contributed by atoms with Gasteiger partial charge in [-0.25, -0.2) is 8.42 Å². The molecule has 0 aliphatic rings. The summed E-state index contributed by atoms with van der Waals surface area (Å²) in [4.78, 5) is 28.1. The van der Waals surface area contributed by atoms with E-state index in [0.717, 1.165) is 28.1 Å². The third kappa shape index (κ3) is 7.87. The summed E-state index contributed by atoms with van der Waals surface area (Å²) in [5.74, 6) is -0.398. The van der Waals surface area contributed by atoms with Crippen LogP contribution >= 0.6 is 0 Å². The molecule has 0 saturated carbocycles. The first kappa shape index (κ1) is 27.4. The van der Waals surface area contributed by atoms with Crippen molar-refractivity contribution in [2.75, 3.05) is 23.7 Å². The maximum Gasteiger partial charge on any atom is 0.244 e. The van der Waals surface area contributed by atoms with Gasteiger partial charge in [-0.15, -0.1) is 0 Å². The minimum absolute atomic E-state index is 0.208. The molecule has 0 fully saturated rings. The Kier molecular flexibility index (Phi) is 10.1. The van der Waals surface area contributed by atoms with Crippen LogP contribution in [0.3, 0.4) is 0 Å². The number of hydrogen-bond donors (Lipinski definition) is 1. The van der Waals surface area contributed by atoms with Gasteiger partial charge in [-0.05, 0) is 42.0 Å². The van der Waals surface area contributed by atoms with Crippen molar-refractivity contribution in [2.24, 2.45) is 5.92 Å². The number of amides is 2. The molecule has 0 aromatic heterocycles. The van der Waals surface area contributed by atoms with E-state index in [9.17, 15) is 18.0 Å². The number of carbonyl (C=O) groups is 2. The van der Waals surface area contributed by atoms with Crippen molar-refractivity contribution in [1.29, 1.82) is 0 Å². The van der Waals surface area contributed by atoms with Crippen LogP contribution in [0.1, 0.15) is 45.2 Å². The van der Waals surface area contributed by atoms with Gasteiger partial charge in [0.25, 0.3) is 0 Å². The van der Waals surface area contributed by atoms with Gasteiger partial charge in [0.1, 0.15) is 12.6 Å². The average molecular weight is 488 g/mol. The predicted octanol–water partition coefficient (Wildman–Crippen LogP) is 3.59. The topological polar surface area (TPSA) is 86.8 Å². The zero-order valence-electron chi connectivity index (χ0n) is 20.8. The minimum atomic E-state index is -3.73. The number of nitrogens with one attached hydrogen (secondary N) is 1. The molecule has 2 rings (SSSR count). The molecule has 8 heteroatoms. The molecule has 0 radical (unpaired) electrons. The predicted molar refractivity (Wildman–Crippen MR) is 137 cm³/mol. The first-order valence-corrected chi connectivity index (χ1v) is 13.6. The van der Waals surface area contributed by atoms with Crippen molar-refractivity contribution in [1.82, 2.24) is 10.2 Å². The van der Waals surface area contributed by atoms with Crippen molar-refractivity contribution in [3.8, 4) is 0 Å². The normalized spacial score (nSPS) is 12.3. The largest absolute Gasteiger partial charge is 0.354 e. The quantitative estimate of drug-likeness (QED) is 0.496. The van der Waals surface area contributed by atoms with Crippen LogP contribution < -0.4 is 9.62 Å². The first-order valence-electron chi connectivity index (χ1n) is 11.7. The summed E-state index contributed by atoms with van der Waals surface area (Å²) in [6.07, 6.45) is 2.32. The highest BCUT2D eigenvalue weighted by Gasteiger charge is 2.31. The zero-order valence-corrected chi connectivity index (χ0v) is 21.6. The molecule has 0 aliphatic carbocycles. The molecule has 0 bridgehead atoms. The van der Waals surface area contributed by atoms with Crippen LogP contribution in [0, 0.1) is 5.92 Å². The Morgan fingerprint density at radius 2 is 1.56 bits per heavy atom. The summed E-state index contributed by atoms with van der Waals surface area (Å²) in [7, 11) is -3.73. The fraction of sp³-hybridized carbons (Fsp3) is 0.462. The van der Waals surface area contributed by atoms with Crippen LogP contribution in [-0.4, -0.2) is 50.5 Å². The van der Waals surface area contributed by atoms with E-state index in [1.54, 1.807) is 12.1 Å². The molecule has 2 aromatic rings. The van der Waals surface area contributed by atoms with Crippen molar-refractivity contribution in [2.45, 2.75) is 53.1 Å². The smallest absolute Gasteiger partial charge is 0.244 e. The van der Waals surface area contributed by atoms with Crippen molar-refractivity contribution in [3.63, 3.8) is 0 Å². The number of rotatable bonds is 12. The number of aryl methyl sites for hydroxylation is 1. The SMILES string of the molecule is CCc1ccc(N(CC(=O)N(Cc2ccccc2)[C@@H](CC)C(=O)NCC(C)C)S(C)(=O)=O)cc1. The monoisotopic (exact) mass is 487 g/mol. The molecule has 34 heavy (non-hydrogen) atoms. The lowest BCUT2D eigenvalue weighted by atomic mass is 10.1. The van der Waals surface area contributed by atoms with Gasteiger partial charge in [-0.2, -0.15) is 0 Å². The Bertz CT molecular complexity index is 1040. The number of anilines is 1. The molecule has 0 aliphatic heterocycles. The van der Waals surface area contributed by atoms with Crippen molar-refractivity contribution < 1.29 is 18.0 Å². The number of sulfonamides is 1. The summed E-state index contributed by atoms with van der Waals surface area (Å²) >= 11 is 0. The standard InChI is InChI=1S/C26H37N3O4S/c1-6-21-13-15-23(16-14-21)29(34(5,32)33)19-25(30)28(18-22-11-9-8-10-12-22)24(7-2)26(31)27-17-20(3)4/h8-16,20,24H,6-7,17-19H2,1-5H3,(H,27,31)/t24-/m0/s1. The Labute approximate surface area is 204 Å². The number of carbonyl (C=O) groups excluding carboxylic acids is 2. The lowest BCUT2D eigenvalue weighted by Crippen LogP contribution is -2.52. The summed E-state index contributed by atoms with van der Waals surface area (Å²) in [6.45, 7) is 8.20. The first-order chi connectivity index (χ1) is 16.1. The fourth-order valence-corrected chi connectivity index (χ4v) is 4.48. The van der Waals surface area contributed by atoms with Gasteiger partial charge in [0, 0.05) is 13.1 Å². The van der Waals surface area contributed by atoms with Gasteiger partial charge in [-0.1, -0.05) is 70.2 Å². The molecular formula is C26H37N3O4S. The molecule has 2 amide bonds. The second kappa shape index (κ2) is 12.6. The molecule has 1 N–H and O–H groups in total. The van der Waals surface area contributed by atoms with E-state index in [2.05, 4.69) is 5.32 Å². The van der Waals surface area contributed by atoms with Gasteiger partial charge < -0.3 is 10.2 Å². The number of hydrogen-bond acceptors (Lipinski definition) is 4. The van der Waals surface area contributed by atoms with Gasteiger partial charge in [-0.3, -0.25) is 13.9 Å². The second-order valence-electron chi connectivity index (χ2n) is 8.86. The summed E-state index contributed by atoms with van der Waals surface area (Å²) in [6, 6.07) is 15.8. The molecule has 2 aromatic carbocycles. The number of benzene rings is 2. The molecule has 186 valence electrons. The second-order valence-corrected chi connectivity index (χ2v) is 10.8. The molecule has 0 spiro atoms. The fourth-order valence-electron chi connectivity index (χ4n) is 3.63. The van der Waals surface area contributed by atoms with Crippen molar-refractivity contribution >= 4 is 27.5 Å². The van der Waals surface area contributed by atoms with Crippen LogP contribution in [0.4, 0.5) is 5.69 Å². The van der Waals surface area contributed by atoms with Crippen LogP contribution in [0.2, 0.25) is 0 Å². The molecular weight excluding hydrogens is 450 g/mol. The van der Waals surface area contributed by atoms with E-state index in [-0.39, 0.29) is 24.9 Å². The average Bonchev–Trinajstić information content (AvgIpc) is 2.81. The lowest BCUT2D eigenvalue weighted by Gasteiger charge is -2.33. The number of nitrogens with zero attached hydrogens (tertiary/aromatic N) is 2. The highest BCUT2D eigenvalue weighted by Crippen LogP contribution is 2.20. The molecule has 0 heterocycles. The Morgan fingerprint density at radius 3 is 2.06 bits per heavy atom. The van der Waals surface area contributed by atoms with E-state index in [4.69, 9.17) is 0 Å². The maximum atomic E-state index is 13.6. The molecule has 1 atom stereocenters. The molecule has 7 nitrogen and oxygen atoms in total. The van der Waals surface area contributed by atoms with Crippen LogP contribution in [0.5, 0.6) is 0 Å². The van der Waals surface area contributed by atoms with Crippen LogP contribution in [-0.2, 0) is 32.6 Å². The summed E-state index contributed by atoms with van der Waals surface area (Å²) in [5, 5.41) is 2.92. The Morgan fingerprint density at radius 1 is 0.941 bits per heavy atom. The van der Waals surface area contributed by atoms with E-state index in [0.29, 0.717) is 18.7 Å². The third-order valence-corrected chi connectivity index (χ3v) is 6.72. The molecule has 0 saturated heterocycles. The van der Waals surface area contributed by atoms with E-state index < -0.39 is 22.0 Å². The highest BCUT2D eigenvalue weighted by molar-refractivity contribution is 7.92. The van der Waals surface area contributed by atoms with Crippen LogP contribution in [0.25, 0.3) is 0 Å². The van der Waals surface area contributed by atoms with E-state index in [1.165, 1.54) is 4.90 Å². The minimum Gasteiger partial charge on any atom is -0.354 e. The summed E-state index contributed by atoms with van der Waals surface area (Å²) < 4.78 is 26.4. The maximum absolute atomic E-state index is 13.6. The highest BCUT2D eigenvalue weighted by atomic mass is 32.2. The lowest BCUT2D eigenvalue weighted by molar-refractivity contribution is -0.140. The Balaban J connectivity index is 2.38. The Hall–Kier alpha value is -2.87. The van der Waals surface area contributed by atoms with Gasteiger partial charge >= 0.3 is 0 Å². The summed E-state index contributed by atoms with van der Waals surface area (Å²) in [5.41, 5.74) is 2.36. The van der Waals surface area contributed by atoms with E-state index in [1.807, 2.05) is 70.2 Å². The van der Waals surface area contributed by atoms with Gasteiger partial charge in [0.15, 0.2) is 0 Å².